The van der Waals surface area contributed by atoms with E-state index in [0.717, 1.165) is 26.1 Å². The number of benzene rings is 2. The summed E-state index contributed by atoms with van der Waals surface area (Å²) in [4.78, 5) is 26.7. The lowest BCUT2D eigenvalue weighted by atomic mass is 10.1. The molecule has 0 aliphatic heterocycles. The highest BCUT2D eigenvalue weighted by Gasteiger charge is 2.15. The molecule has 0 spiro atoms. The zero-order chi connectivity index (χ0) is 18.0. The van der Waals surface area contributed by atoms with E-state index in [1.165, 1.54) is 11.3 Å². The van der Waals surface area contributed by atoms with Crippen molar-refractivity contribution in [1.29, 1.82) is 0 Å². The second kappa shape index (κ2) is 7.07. The third-order valence-corrected chi connectivity index (χ3v) is 5.38. The Bertz CT molecular complexity index is 927. The molecule has 0 unspecified atom stereocenters. The molecule has 3 rings (SSSR count). The van der Waals surface area contributed by atoms with E-state index in [1.54, 1.807) is 31.1 Å². The molecule has 0 saturated carbocycles. The van der Waals surface area contributed by atoms with E-state index in [0.29, 0.717) is 12.1 Å². The number of carbonyl (C=O) groups excluding carboxylic acids is 2. The van der Waals surface area contributed by atoms with Crippen LogP contribution in [0, 0.1) is 6.92 Å². The molecule has 0 atom stereocenters. The van der Waals surface area contributed by atoms with Gasteiger partial charge in [0, 0.05) is 30.9 Å². The van der Waals surface area contributed by atoms with E-state index >= 15 is 0 Å². The van der Waals surface area contributed by atoms with Gasteiger partial charge in [-0.2, -0.15) is 0 Å². The topological polar surface area (TPSA) is 49.4 Å². The van der Waals surface area contributed by atoms with E-state index in [1.807, 2.05) is 43.3 Å². The van der Waals surface area contributed by atoms with Crippen LogP contribution >= 0.6 is 11.3 Å². The number of hydrogen-bond acceptors (Lipinski definition) is 3. The Kier molecular flexibility index (Phi) is 4.86. The molecule has 0 radical (unpaired) electrons. The summed E-state index contributed by atoms with van der Waals surface area (Å²) < 4.78 is 1.12. The van der Waals surface area contributed by atoms with Gasteiger partial charge in [-0.3, -0.25) is 9.59 Å². The molecule has 0 aliphatic carbocycles. The van der Waals surface area contributed by atoms with E-state index in [4.69, 9.17) is 0 Å². The first-order chi connectivity index (χ1) is 12.0. The Morgan fingerprint density at radius 1 is 1.04 bits per heavy atom. The molecule has 5 heteroatoms. The summed E-state index contributed by atoms with van der Waals surface area (Å²) in [6.45, 7) is 2.42. The van der Waals surface area contributed by atoms with Gasteiger partial charge in [0.25, 0.3) is 11.8 Å². The quantitative estimate of drug-likeness (QED) is 0.775. The van der Waals surface area contributed by atoms with Crippen LogP contribution in [0.5, 0.6) is 0 Å². The maximum atomic E-state index is 12.5. The highest BCUT2D eigenvalue weighted by atomic mass is 32.1. The van der Waals surface area contributed by atoms with Crippen LogP contribution in [-0.4, -0.2) is 30.8 Å². The Morgan fingerprint density at radius 2 is 1.72 bits per heavy atom. The fraction of sp³-hybridized carbons (Fsp3) is 0.200. The second-order valence-electron chi connectivity index (χ2n) is 6.13. The van der Waals surface area contributed by atoms with Crippen LogP contribution < -0.4 is 5.32 Å². The minimum absolute atomic E-state index is 0.0310. The van der Waals surface area contributed by atoms with Crippen molar-refractivity contribution in [1.82, 2.24) is 10.2 Å². The molecule has 0 saturated heterocycles. The predicted molar refractivity (Wildman–Crippen MR) is 102 cm³/mol. The van der Waals surface area contributed by atoms with Gasteiger partial charge in [-0.25, -0.2) is 0 Å². The third-order valence-electron chi connectivity index (χ3n) is 4.11. The van der Waals surface area contributed by atoms with Crippen LogP contribution in [0.3, 0.4) is 0 Å². The van der Waals surface area contributed by atoms with Gasteiger partial charge >= 0.3 is 0 Å². The van der Waals surface area contributed by atoms with Gasteiger partial charge in [0.2, 0.25) is 0 Å². The molecule has 25 heavy (non-hydrogen) atoms. The van der Waals surface area contributed by atoms with Gasteiger partial charge in [0.1, 0.15) is 0 Å². The van der Waals surface area contributed by atoms with E-state index in [9.17, 15) is 9.59 Å². The van der Waals surface area contributed by atoms with Gasteiger partial charge in [-0.05, 0) is 41.6 Å². The summed E-state index contributed by atoms with van der Waals surface area (Å²) in [7, 11) is 3.45. The predicted octanol–water partition coefficient (Wildman–Crippen LogP) is 3.84. The average molecular weight is 352 g/mol. The monoisotopic (exact) mass is 352 g/mol. The molecule has 0 fully saturated rings. The lowest BCUT2D eigenvalue weighted by Gasteiger charge is -2.10. The van der Waals surface area contributed by atoms with Crippen LogP contribution in [0.2, 0.25) is 0 Å². The van der Waals surface area contributed by atoms with Crippen molar-refractivity contribution in [3.05, 3.63) is 70.1 Å². The van der Waals surface area contributed by atoms with Gasteiger partial charge < -0.3 is 10.2 Å². The maximum absolute atomic E-state index is 12.5. The summed E-state index contributed by atoms with van der Waals surface area (Å²) >= 11 is 1.51. The number of nitrogens with one attached hydrogen (secondary N) is 1. The van der Waals surface area contributed by atoms with Crippen LogP contribution in [0.4, 0.5) is 0 Å². The highest BCUT2D eigenvalue weighted by Crippen LogP contribution is 2.30. The zero-order valence-corrected chi connectivity index (χ0v) is 15.3. The van der Waals surface area contributed by atoms with Gasteiger partial charge in [0.15, 0.2) is 0 Å². The molecule has 2 amide bonds. The Morgan fingerprint density at radius 3 is 2.36 bits per heavy atom. The third kappa shape index (κ3) is 3.56. The number of thiophene rings is 1. The van der Waals surface area contributed by atoms with Gasteiger partial charge in [-0.15, -0.1) is 11.3 Å². The van der Waals surface area contributed by atoms with Gasteiger partial charge in [0.05, 0.1) is 4.88 Å². The molecular weight excluding hydrogens is 332 g/mol. The first-order valence-corrected chi connectivity index (χ1v) is 8.86. The normalized spacial score (nSPS) is 10.7. The number of aryl methyl sites for hydroxylation is 1. The lowest BCUT2D eigenvalue weighted by Crippen LogP contribution is -2.23. The fourth-order valence-corrected chi connectivity index (χ4v) is 3.80. The smallest absolute Gasteiger partial charge is 0.261 e. The fourth-order valence-electron chi connectivity index (χ4n) is 2.68. The van der Waals surface area contributed by atoms with Crippen LogP contribution in [0.25, 0.3) is 10.1 Å². The maximum Gasteiger partial charge on any atom is 0.261 e. The molecular formula is C20H20N2O2S. The molecule has 1 heterocycles. The van der Waals surface area contributed by atoms with Crippen LogP contribution in [0.1, 0.15) is 31.2 Å². The van der Waals surface area contributed by atoms with Crippen molar-refractivity contribution >= 4 is 33.2 Å². The lowest BCUT2D eigenvalue weighted by molar-refractivity contribution is 0.0827. The van der Waals surface area contributed by atoms with Gasteiger partial charge in [-0.1, -0.05) is 30.3 Å². The zero-order valence-electron chi connectivity index (χ0n) is 14.5. The standard InChI is InChI=1S/C20H20N2O2S/c1-13-16-6-4-5-7-17(16)25-18(13)19(23)21-12-14-8-10-15(11-9-14)20(24)22(2)3/h4-11H,12H2,1-3H3,(H,21,23). The number of carbonyl (C=O) groups is 2. The molecule has 1 N–H and O–H groups in total. The van der Waals surface area contributed by atoms with E-state index < -0.39 is 0 Å². The molecule has 4 nitrogen and oxygen atoms in total. The minimum Gasteiger partial charge on any atom is -0.347 e. The van der Waals surface area contributed by atoms with Crippen molar-refractivity contribution in [2.24, 2.45) is 0 Å². The SMILES string of the molecule is Cc1c(C(=O)NCc2ccc(C(=O)N(C)C)cc2)sc2ccccc12. The summed E-state index contributed by atoms with van der Waals surface area (Å²) in [5.74, 6) is -0.0939. The summed E-state index contributed by atoms with van der Waals surface area (Å²) in [6, 6.07) is 15.4. The number of nitrogens with zero attached hydrogens (tertiary/aromatic N) is 1. The number of fused-ring (bicyclic) bond motifs is 1. The summed E-state index contributed by atoms with van der Waals surface area (Å²) in [5.41, 5.74) is 2.62. The molecule has 0 aliphatic rings. The highest BCUT2D eigenvalue weighted by molar-refractivity contribution is 7.21. The Labute approximate surface area is 151 Å². The summed E-state index contributed by atoms with van der Waals surface area (Å²) in [6.07, 6.45) is 0. The molecule has 0 bridgehead atoms. The number of hydrogen-bond donors (Lipinski definition) is 1. The van der Waals surface area contributed by atoms with Crippen molar-refractivity contribution in [2.75, 3.05) is 14.1 Å². The van der Waals surface area contributed by atoms with E-state index in [-0.39, 0.29) is 11.8 Å². The second-order valence-corrected chi connectivity index (χ2v) is 7.18. The first kappa shape index (κ1) is 17.2. The van der Waals surface area contributed by atoms with Crippen LogP contribution in [-0.2, 0) is 6.54 Å². The van der Waals surface area contributed by atoms with Crippen molar-refractivity contribution in [3.8, 4) is 0 Å². The van der Waals surface area contributed by atoms with E-state index in [2.05, 4.69) is 5.32 Å². The Balaban J connectivity index is 1.69. The van der Waals surface area contributed by atoms with Crippen LogP contribution in [0.15, 0.2) is 48.5 Å². The summed E-state index contributed by atoms with van der Waals surface area (Å²) in [5, 5.41) is 4.09. The molecule has 2 aromatic carbocycles. The van der Waals surface area contributed by atoms with Crippen molar-refractivity contribution in [2.45, 2.75) is 13.5 Å². The Hall–Kier alpha value is -2.66. The number of amides is 2. The minimum atomic E-state index is -0.0628. The molecule has 3 aromatic rings. The molecule has 128 valence electrons. The van der Waals surface area contributed by atoms with Crippen molar-refractivity contribution in [3.63, 3.8) is 0 Å². The average Bonchev–Trinajstić information content (AvgIpc) is 2.96. The largest absolute Gasteiger partial charge is 0.347 e. The number of rotatable bonds is 4. The molecule has 1 aromatic heterocycles. The van der Waals surface area contributed by atoms with Crippen molar-refractivity contribution < 1.29 is 9.59 Å². The first-order valence-electron chi connectivity index (χ1n) is 8.04.